The highest BCUT2D eigenvalue weighted by molar-refractivity contribution is 6.13. The van der Waals surface area contributed by atoms with Crippen molar-refractivity contribution >= 4 is 60.4 Å². The van der Waals surface area contributed by atoms with Crippen LogP contribution in [0.1, 0.15) is 25.0 Å². The number of hydrogen-bond donors (Lipinski definition) is 0. The molecule has 49 heavy (non-hydrogen) atoms. The van der Waals surface area contributed by atoms with Crippen molar-refractivity contribution in [2.75, 3.05) is 4.90 Å². The van der Waals surface area contributed by atoms with E-state index < -0.39 is 0 Å². The van der Waals surface area contributed by atoms with E-state index in [-0.39, 0.29) is 5.41 Å². The summed E-state index contributed by atoms with van der Waals surface area (Å²) in [5, 5.41) is 7.57. The number of hydrogen-bond acceptors (Lipinski definition) is 1. The van der Waals surface area contributed by atoms with Crippen molar-refractivity contribution in [3.05, 3.63) is 181 Å². The zero-order valence-corrected chi connectivity index (χ0v) is 27.6. The first-order valence-corrected chi connectivity index (χ1v) is 17.1. The SMILES string of the molecule is CC1(C)c2cc(N(c3ccccc3)c3cccc4ccccc34)ccc2-c2ccc(-n3c4ccccc4c4cc5ccccc5cc43)cc21. The highest BCUT2D eigenvalue weighted by Crippen LogP contribution is 2.52. The second kappa shape index (κ2) is 10.4. The van der Waals surface area contributed by atoms with Crippen LogP contribution in [0.4, 0.5) is 17.1 Å². The predicted molar refractivity (Wildman–Crippen MR) is 208 cm³/mol. The van der Waals surface area contributed by atoms with Gasteiger partial charge >= 0.3 is 0 Å². The standard InChI is InChI=1S/C47H34N2/c1-47(2)42-29-35(48(34-17-4-3-5-18-34)44-22-12-16-31-13-8-9-19-37(31)44)23-25-38(42)39-26-24-36(30-43(39)47)49-45-21-11-10-20-40(45)41-27-32-14-6-7-15-33(32)28-46(41)49/h3-30H,1-2H3. The maximum Gasteiger partial charge on any atom is 0.0547 e. The second-order valence-corrected chi connectivity index (χ2v) is 13.8. The van der Waals surface area contributed by atoms with E-state index in [0.29, 0.717) is 0 Å². The van der Waals surface area contributed by atoms with Crippen molar-refractivity contribution in [3.63, 3.8) is 0 Å². The zero-order chi connectivity index (χ0) is 32.7. The van der Waals surface area contributed by atoms with Crippen LogP contribution in [-0.4, -0.2) is 4.57 Å². The highest BCUT2D eigenvalue weighted by atomic mass is 15.1. The fraction of sp³-hybridized carbons (Fsp3) is 0.0638. The highest BCUT2D eigenvalue weighted by Gasteiger charge is 2.36. The number of anilines is 3. The summed E-state index contributed by atoms with van der Waals surface area (Å²) in [6, 6.07) is 62.4. The summed E-state index contributed by atoms with van der Waals surface area (Å²) in [5.41, 5.74) is 12.3. The molecule has 1 aliphatic rings. The summed E-state index contributed by atoms with van der Waals surface area (Å²) in [4.78, 5) is 2.41. The minimum Gasteiger partial charge on any atom is -0.310 e. The number of nitrogens with zero attached hydrogens (tertiary/aromatic N) is 2. The number of para-hydroxylation sites is 2. The molecule has 0 N–H and O–H groups in total. The molecule has 0 radical (unpaired) electrons. The molecule has 2 heteroatoms. The Morgan fingerprint density at radius 1 is 0.429 bits per heavy atom. The summed E-state index contributed by atoms with van der Waals surface area (Å²) < 4.78 is 2.46. The van der Waals surface area contributed by atoms with E-state index in [1.165, 1.54) is 77.0 Å². The van der Waals surface area contributed by atoms with Gasteiger partial charge in [0, 0.05) is 38.6 Å². The molecule has 9 aromatic rings. The quantitative estimate of drug-likeness (QED) is 0.189. The molecule has 0 unspecified atom stereocenters. The minimum atomic E-state index is -0.191. The van der Waals surface area contributed by atoms with Crippen LogP contribution in [0.25, 0.3) is 60.2 Å². The van der Waals surface area contributed by atoms with Gasteiger partial charge in [0.2, 0.25) is 0 Å². The van der Waals surface area contributed by atoms with Crippen LogP contribution in [0.5, 0.6) is 0 Å². The largest absolute Gasteiger partial charge is 0.310 e. The molecule has 0 atom stereocenters. The van der Waals surface area contributed by atoms with Gasteiger partial charge in [-0.1, -0.05) is 123 Å². The smallest absolute Gasteiger partial charge is 0.0547 e. The van der Waals surface area contributed by atoms with E-state index in [9.17, 15) is 0 Å². The van der Waals surface area contributed by atoms with E-state index in [2.05, 4.69) is 193 Å². The lowest BCUT2D eigenvalue weighted by atomic mass is 9.82. The first-order chi connectivity index (χ1) is 24.1. The Hall–Kier alpha value is -6.12. The van der Waals surface area contributed by atoms with Crippen LogP contribution in [-0.2, 0) is 5.41 Å². The van der Waals surface area contributed by atoms with Gasteiger partial charge in [-0.05, 0) is 99.1 Å². The predicted octanol–water partition coefficient (Wildman–Crippen LogP) is 12.9. The van der Waals surface area contributed by atoms with Crippen molar-refractivity contribution in [1.82, 2.24) is 4.57 Å². The summed E-state index contributed by atoms with van der Waals surface area (Å²) in [7, 11) is 0. The molecule has 0 amide bonds. The number of aromatic nitrogens is 1. The van der Waals surface area contributed by atoms with E-state index in [1.807, 2.05) is 0 Å². The van der Waals surface area contributed by atoms with Gasteiger partial charge in [-0.3, -0.25) is 0 Å². The van der Waals surface area contributed by atoms with Crippen molar-refractivity contribution in [1.29, 1.82) is 0 Å². The molecule has 0 spiro atoms. The monoisotopic (exact) mass is 626 g/mol. The minimum absolute atomic E-state index is 0.191. The average Bonchev–Trinajstić information content (AvgIpc) is 3.58. The first kappa shape index (κ1) is 27.9. The second-order valence-electron chi connectivity index (χ2n) is 13.8. The van der Waals surface area contributed by atoms with Crippen molar-refractivity contribution in [2.45, 2.75) is 19.3 Å². The third-order valence-electron chi connectivity index (χ3n) is 10.7. The molecular formula is C47H34N2. The van der Waals surface area contributed by atoms with Crippen LogP contribution < -0.4 is 4.90 Å². The van der Waals surface area contributed by atoms with E-state index in [4.69, 9.17) is 0 Å². The topological polar surface area (TPSA) is 8.17 Å². The van der Waals surface area contributed by atoms with Crippen molar-refractivity contribution in [3.8, 4) is 16.8 Å². The Bertz CT molecular complexity index is 2740. The summed E-state index contributed by atoms with van der Waals surface area (Å²) >= 11 is 0. The molecule has 10 rings (SSSR count). The number of fused-ring (bicyclic) bond motifs is 8. The Kier molecular flexibility index (Phi) is 5.95. The molecule has 8 aromatic carbocycles. The average molecular weight is 627 g/mol. The van der Waals surface area contributed by atoms with Crippen LogP contribution in [0, 0.1) is 0 Å². The van der Waals surface area contributed by atoms with E-state index >= 15 is 0 Å². The fourth-order valence-electron chi connectivity index (χ4n) is 8.33. The molecule has 0 bridgehead atoms. The molecule has 0 saturated carbocycles. The Balaban J connectivity index is 1.14. The van der Waals surface area contributed by atoms with Crippen LogP contribution >= 0.6 is 0 Å². The molecule has 1 aromatic heterocycles. The van der Waals surface area contributed by atoms with Crippen LogP contribution in [0.2, 0.25) is 0 Å². The molecule has 1 aliphatic carbocycles. The molecule has 2 nitrogen and oxygen atoms in total. The van der Waals surface area contributed by atoms with Gasteiger partial charge in [0.1, 0.15) is 0 Å². The van der Waals surface area contributed by atoms with Crippen LogP contribution in [0.15, 0.2) is 170 Å². The van der Waals surface area contributed by atoms with Gasteiger partial charge in [0.25, 0.3) is 0 Å². The van der Waals surface area contributed by atoms with Gasteiger partial charge < -0.3 is 9.47 Å². The van der Waals surface area contributed by atoms with Gasteiger partial charge in [0.15, 0.2) is 0 Å². The van der Waals surface area contributed by atoms with Crippen molar-refractivity contribution < 1.29 is 0 Å². The molecule has 0 fully saturated rings. The Morgan fingerprint density at radius 3 is 1.88 bits per heavy atom. The molecular weight excluding hydrogens is 593 g/mol. The maximum atomic E-state index is 2.46. The lowest BCUT2D eigenvalue weighted by Crippen LogP contribution is -2.17. The normalized spacial score (nSPS) is 13.3. The lowest BCUT2D eigenvalue weighted by Gasteiger charge is -2.29. The Morgan fingerprint density at radius 2 is 1.06 bits per heavy atom. The zero-order valence-electron chi connectivity index (χ0n) is 27.6. The third-order valence-corrected chi connectivity index (χ3v) is 10.7. The number of rotatable bonds is 4. The third kappa shape index (κ3) is 4.14. The lowest BCUT2D eigenvalue weighted by molar-refractivity contribution is 0.660. The summed E-state index contributed by atoms with van der Waals surface area (Å²) in [6.07, 6.45) is 0. The maximum absolute atomic E-state index is 2.46. The summed E-state index contributed by atoms with van der Waals surface area (Å²) in [6.45, 7) is 4.77. The van der Waals surface area contributed by atoms with Gasteiger partial charge in [-0.2, -0.15) is 0 Å². The molecule has 0 aliphatic heterocycles. The van der Waals surface area contributed by atoms with E-state index in [1.54, 1.807) is 0 Å². The molecule has 0 saturated heterocycles. The van der Waals surface area contributed by atoms with Gasteiger partial charge in [-0.15, -0.1) is 0 Å². The number of benzene rings is 8. The fourth-order valence-corrected chi connectivity index (χ4v) is 8.33. The van der Waals surface area contributed by atoms with Crippen LogP contribution in [0.3, 0.4) is 0 Å². The molecule has 232 valence electrons. The van der Waals surface area contributed by atoms with Gasteiger partial charge in [0.05, 0.1) is 16.7 Å². The molecule has 1 heterocycles. The van der Waals surface area contributed by atoms with Crippen molar-refractivity contribution in [2.24, 2.45) is 0 Å². The Labute approximate surface area is 286 Å². The van der Waals surface area contributed by atoms with Gasteiger partial charge in [-0.25, -0.2) is 0 Å². The first-order valence-electron chi connectivity index (χ1n) is 17.1. The summed E-state index contributed by atoms with van der Waals surface area (Å²) in [5.74, 6) is 0. The van der Waals surface area contributed by atoms with E-state index in [0.717, 1.165) is 11.4 Å².